The van der Waals surface area contributed by atoms with E-state index in [1.807, 2.05) is 0 Å². The summed E-state index contributed by atoms with van der Waals surface area (Å²) in [7, 11) is 1.53. The lowest BCUT2D eigenvalue weighted by atomic mass is 9.79. The number of carboxylic acid groups (broad SMARTS) is 1. The number of carbonyl (C=O) groups excluding carboxylic acids is 1. The monoisotopic (exact) mass is 350 g/mol. The molecule has 1 fully saturated rings. The van der Waals surface area contributed by atoms with Gasteiger partial charge in [0.05, 0.1) is 7.11 Å². The van der Waals surface area contributed by atoms with Gasteiger partial charge < -0.3 is 14.6 Å². The molecular formula is C16H18F4O4. The number of carboxylic acids is 1. The molecule has 0 heterocycles. The number of aldehydes is 1. The molecule has 0 atom stereocenters. The number of aliphatic carboxylic acids is 1. The van der Waals surface area contributed by atoms with Gasteiger partial charge in [-0.1, -0.05) is 6.07 Å². The third-order valence-electron chi connectivity index (χ3n) is 3.85. The minimum absolute atomic E-state index is 0.174. The summed E-state index contributed by atoms with van der Waals surface area (Å²) in [6.07, 6.45) is -0.515. The molecule has 0 spiro atoms. The van der Waals surface area contributed by atoms with Crippen molar-refractivity contribution in [2.75, 3.05) is 7.11 Å². The number of hydrogen-bond donors (Lipinski definition) is 1. The molecule has 0 unspecified atom stereocenters. The summed E-state index contributed by atoms with van der Waals surface area (Å²) in [5.74, 6) is -1.98. The Morgan fingerprint density at radius 3 is 2.17 bits per heavy atom. The highest BCUT2D eigenvalue weighted by Crippen LogP contribution is 2.36. The maximum atomic E-state index is 13.9. The third-order valence-corrected chi connectivity index (χ3v) is 3.85. The summed E-state index contributed by atoms with van der Waals surface area (Å²) in [6, 6.07) is 5.03. The molecule has 0 amide bonds. The Morgan fingerprint density at radius 2 is 1.79 bits per heavy atom. The van der Waals surface area contributed by atoms with Gasteiger partial charge in [0.25, 0.3) is 0 Å². The third kappa shape index (κ3) is 5.82. The molecular weight excluding hydrogens is 332 g/mol. The van der Waals surface area contributed by atoms with Crippen LogP contribution < -0.4 is 4.74 Å². The van der Waals surface area contributed by atoms with Crippen LogP contribution in [0.2, 0.25) is 0 Å². The molecule has 0 radical (unpaired) electrons. The Hall–Kier alpha value is -2.12. The van der Waals surface area contributed by atoms with Crippen LogP contribution in [0.3, 0.4) is 0 Å². The lowest BCUT2D eigenvalue weighted by Gasteiger charge is -2.26. The zero-order chi connectivity index (χ0) is 18.3. The van der Waals surface area contributed by atoms with Gasteiger partial charge in [0.15, 0.2) is 0 Å². The fourth-order valence-corrected chi connectivity index (χ4v) is 2.53. The summed E-state index contributed by atoms with van der Waals surface area (Å²) in [6.45, 7) is 0. The lowest BCUT2D eigenvalue weighted by Crippen LogP contribution is -2.21. The Balaban J connectivity index is 0.000000351. The van der Waals surface area contributed by atoms with E-state index in [1.54, 1.807) is 12.1 Å². The molecule has 1 aromatic rings. The van der Waals surface area contributed by atoms with E-state index in [9.17, 15) is 22.4 Å². The molecule has 1 N–H and O–H groups in total. The van der Waals surface area contributed by atoms with E-state index >= 15 is 0 Å². The highest BCUT2D eigenvalue weighted by Gasteiger charge is 2.38. The van der Waals surface area contributed by atoms with E-state index in [0.29, 0.717) is 5.75 Å². The first kappa shape index (κ1) is 19.9. The van der Waals surface area contributed by atoms with Crippen LogP contribution in [0, 0.1) is 11.7 Å². The molecule has 1 aromatic carbocycles. The SMILES string of the molecule is COc1ccc(C2CCC(C=O)CC2)c(F)c1.O=C(O)C(F)(F)F. The number of ether oxygens (including phenoxy) is 1. The molecule has 1 saturated carbocycles. The van der Waals surface area contributed by atoms with Gasteiger partial charge in [-0.25, -0.2) is 9.18 Å². The lowest BCUT2D eigenvalue weighted by molar-refractivity contribution is -0.192. The van der Waals surface area contributed by atoms with Gasteiger partial charge in [0.1, 0.15) is 17.9 Å². The minimum Gasteiger partial charge on any atom is -0.497 e. The molecule has 4 nitrogen and oxygen atoms in total. The molecule has 2 rings (SSSR count). The van der Waals surface area contributed by atoms with Crippen molar-refractivity contribution in [2.24, 2.45) is 5.92 Å². The van der Waals surface area contributed by atoms with E-state index in [-0.39, 0.29) is 17.7 Å². The molecule has 1 aliphatic carbocycles. The quantitative estimate of drug-likeness (QED) is 0.662. The average molecular weight is 350 g/mol. The minimum atomic E-state index is -5.08. The summed E-state index contributed by atoms with van der Waals surface area (Å²) >= 11 is 0. The van der Waals surface area contributed by atoms with Crippen molar-refractivity contribution >= 4 is 12.3 Å². The van der Waals surface area contributed by atoms with E-state index in [2.05, 4.69) is 0 Å². The van der Waals surface area contributed by atoms with E-state index in [1.165, 1.54) is 13.2 Å². The standard InChI is InChI=1S/C14H17FO2.C2HF3O2/c1-17-12-6-7-13(14(15)8-12)11-4-2-10(9-16)3-5-11;3-2(4,5)1(6)7/h6-11H,2-5H2,1H3;(H,6,7). The molecule has 0 bridgehead atoms. The highest BCUT2D eigenvalue weighted by molar-refractivity contribution is 5.73. The van der Waals surface area contributed by atoms with Crippen molar-refractivity contribution in [1.82, 2.24) is 0 Å². The zero-order valence-electron chi connectivity index (χ0n) is 13.0. The van der Waals surface area contributed by atoms with Crippen LogP contribution in [0.25, 0.3) is 0 Å². The van der Waals surface area contributed by atoms with Crippen molar-refractivity contribution in [3.8, 4) is 5.75 Å². The van der Waals surface area contributed by atoms with Crippen LogP contribution in [-0.2, 0) is 9.59 Å². The summed E-state index contributed by atoms with van der Waals surface area (Å²) < 4.78 is 50.6. The molecule has 0 saturated heterocycles. The van der Waals surface area contributed by atoms with E-state index in [0.717, 1.165) is 37.5 Å². The second kappa shape index (κ2) is 8.65. The summed E-state index contributed by atoms with van der Waals surface area (Å²) in [5.41, 5.74) is 0.759. The molecule has 24 heavy (non-hydrogen) atoms. The van der Waals surface area contributed by atoms with E-state index < -0.39 is 12.1 Å². The predicted octanol–water partition coefficient (Wildman–Crippen LogP) is 3.94. The first-order valence-corrected chi connectivity index (χ1v) is 7.27. The van der Waals surface area contributed by atoms with Crippen LogP contribution >= 0.6 is 0 Å². The second-order valence-electron chi connectivity index (χ2n) is 5.44. The van der Waals surface area contributed by atoms with Gasteiger partial charge >= 0.3 is 12.1 Å². The largest absolute Gasteiger partial charge is 0.497 e. The Labute approximate surface area is 136 Å². The molecule has 1 aliphatic rings. The second-order valence-corrected chi connectivity index (χ2v) is 5.44. The van der Waals surface area contributed by atoms with Gasteiger partial charge in [-0.05, 0) is 43.2 Å². The fourth-order valence-electron chi connectivity index (χ4n) is 2.53. The first-order valence-electron chi connectivity index (χ1n) is 7.27. The van der Waals surface area contributed by atoms with Crippen LogP contribution in [-0.4, -0.2) is 30.6 Å². The van der Waals surface area contributed by atoms with Gasteiger partial charge in [-0.2, -0.15) is 13.2 Å². The normalized spacial score (nSPS) is 20.5. The number of rotatable bonds is 3. The maximum Gasteiger partial charge on any atom is 0.490 e. The van der Waals surface area contributed by atoms with Crippen LogP contribution in [0.1, 0.15) is 37.2 Å². The molecule has 134 valence electrons. The van der Waals surface area contributed by atoms with Crippen molar-refractivity contribution in [2.45, 2.75) is 37.8 Å². The first-order chi connectivity index (χ1) is 11.2. The van der Waals surface area contributed by atoms with Gasteiger partial charge in [-0.15, -0.1) is 0 Å². The van der Waals surface area contributed by atoms with Crippen molar-refractivity contribution in [3.63, 3.8) is 0 Å². The highest BCUT2D eigenvalue weighted by atomic mass is 19.4. The van der Waals surface area contributed by atoms with Crippen molar-refractivity contribution in [3.05, 3.63) is 29.6 Å². The maximum absolute atomic E-state index is 13.9. The number of hydrogen-bond acceptors (Lipinski definition) is 3. The Bertz CT molecular complexity index is 564. The van der Waals surface area contributed by atoms with Gasteiger partial charge in [0, 0.05) is 12.0 Å². The van der Waals surface area contributed by atoms with E-state index in [4.69, 9.17) is 14.6 Å². The predicted molar refractivity (Wildman–Crippen MR) is 77.4 cm³/mol. The summed E-state index contributed by atoms with van der Waals surface area (Å²) in [5, 5.41) is 7.12. The van der Waals surface area contributed by atoms with Crippen LogP contribution in [0.15, 0.2) is 18.2 Å². The topological polar surface area (TPSA) is 63.6 Å². The number of alkyl halides is 3. The molecule has 8 heteroatoms. The number of benzene rings is 1. The van der Waals surface area contributed by atoms with Crippen LogP contribution in [0.5, 0.6) is 5.75 Å². The van der Waals surface area contributed by atoms with Crippen molar-refractivity contribution in [1.29, 1.82) is 0 Å². The summed E-state index contributed by atoms with van der Waals surface area (Å²) in [4.78, 5) is 19.6. The van der Waals surface area contributed by atoms with Crippen molar-refractivity contribution < 1.29 is 37.0 Å². The Morgan fingerprint density at radius 1 is 1.25 bits per heavy atom. The fraction of sp³-hybridized carbons (Fsp3) is 0.500. The average Bonchev–Trinajstić information content (AvgIpc) is 2.54. The van der Waals surface area contributed by atoms with Gasteiger partial charge in [0.2, 0.25) is 0 Å². The molecule has 0 aliphatic heterocycles. The number of carbonyl (C=O) groups is 2. The molecule has 0 aromatic heterocycles. The van der Waals surface area contributed by atoms with Crippen LogP contribution in [0.4, 0.5) is 17.6 Å². The number of methoxy groups -OCH3 is 1. The Kier molecular flexibility index (Phi) is 7.18. The number of halogens is 4. The van der Waals surface area contributed by atoms with Gasteiger partial charge in [-0.3, -0.25) is 0 Å². The zero-order valence-corrected chi connectivity index (χ0v) is 13.0. The smallest absolute Gasteiger partial charge is 0.490 e.